The molecular weight excluding hydrogens is 216 g/mol. The van der Waals surface area contributed by atoms with Crippen molar-refractivity contribution in [1.82, 2.24) is 0 Å². The highest BCUT2D eigenvalue weighted by Crippen LogP contribution is 2.04. The van der Waals surface area contributed by atoms with Crippen LogP contribution in [0.4, 0.5) is 0 Å². The average Bonchev–Trinajstić information content (AvgIpc) is 2.32. The van der Waals surface area contributed by atoms with Gasteiger partial charge in [0.1, 0.15) is 0 Å². The maximum absolute atomic E-state index is 5.76. The summed E-state index contributed by atoms with van der Waals surface area (Å²) in [5.41, 5.74) is 0. The molecule has 0 aliphatic rings. The minimum Gasteiger partial charge on any atom is -0.378 e. The van der Waals surface area contributed by atoms with Gasteiger partial charge in [0.25, 0.3) is 0 Å². The third-order valence-electron chi connectivity index (χ3n) is 2.48. The van der Waals surface area contributed by atoms with E-state index in [1.165, 1.54) is 0 Å². The Morgan fingerprint density at radius 3 is 1.18 bits per heavy atom. The molecule has 0 aromatic rings. The van der Waals surface area contributed by atoms with Gasteiger partial charge in [-0.05, 0) is 27.7 Å². The number of hydrogen-bond donors (Lipinski definition) is 0. The highest BCUT2D eigenvalue weighted by atomic mass is 16.5. The molecule has 0 saturated heterocycles. The summed E-state index contributed by atoms with van der Waals surface area (Å²) in [5, 5.41) is 0. The molecule has 4 atom stereocenters. The van der Waals surface area contributed by atoms with Crippen LogP contribution in [0.2, 0.25) is 0 Å². The van der Waals surface area contributed by atoms with Crippen LogP contribution >= 0.6 is 0 Å². The number of ether oxygens (including phenoxy) is 3. The zero-order valence-corrected chi connectivity index (χ0v) is 11.8. The van der Waals surface area contributed by atoms with Crippen LogP contribution in [0.1, 0.15) is 27.7 Å². The first-order chi connectivity index (χ1) is 7.99. The van der Waals surface area contributed by atoms with Crippen LogP contribution < -0.4 is 0 Å². The fourth-order valence-corrected chi connectivity index (χ4v) is 1.21. The van der Waals surface area contributed by atoms with E-state index in [9.17, 15) is 0 Å². The van der Waals surface area contributed by atoms with Crippen molar-refractivity contribution in [2.75, 3.05) is 14.2 Å². The largest absolute Gasteiger partial charge is 0.378 e. The van der Waals surface area contributed by atoms with Gasteiger partial charge < -0.3 is 14.2 Å². The van der Waals surface area contributed by atoms with Gasteiger partial charge in [-0.1, -0.05) is 24.3 Å². The molecule has 4 unspecified atom stereocenters. The van der Waals surface area contributed by atoms with E-state index in [0.29, 0.717) is 0 Å². The van der Waals surface area contributed by atoms with E-state index in [1.54, 1.807) is 14.2 Å². The second-order valence-electron chi connectivity index (χ2n) is 4.20. The maximum atomic E-state index is 5.76. The zero-order valence-electron chi connectivity index (χ0n) is 11.8. The summed E-state index contributed by atoms with van der Waals surface area (Å²) in [5.74, 6) is 0. The second kappa shape index (κ2) is 9.40. The molecule has 0 aliphatic heterocycles. The fraction of sp³-hybridized carbons (Fsp3) is 0.714. The molecular formula is C14H26O3. The summed E-state index contributed by atoms with van der Waals surface area (Å²) < 4.78 is 16.0. The zero-order chi connectivity index (χ0) is 13.3. The first-order valence-electron chi connectivity index (χ1n) is 6.07. The lowest BCUT2D eigenvalue weighted by Crippen LogP contribution is -2.14. The molecule has 0 saturated carbocycles. The van der Waals surface area contributed by atoms with Crippen LogP contribution in [-0.4, -0.2) is 38.6 Å². The Balaban J connectivity index is 3.99. The molecule has 0 heterocycles. The Morgan fingerprint density at radius 1 is 0.588 bits per heavy atom. The third kappa shape index (κ3) is 9.10. The van der Waals surface area contributed by atoms with Gasteiger partial charge >= 0.3 is 0 Å². The van der Waals surface area contributed by atoms with Crippen LogP contribution in [0.15, 0.2) is 24.3 Å². The van der Waals surface area contributed by atoms with E-state index in [4.69, 9.17) is 14.2 Å². The first kappa shape index (κ1) is 16.4. The van der Waals surface area contributed by atoms with Crippen LogP contribution in [0.5, 0.6) is 0 Å². The summed E-state index contributed by atoms with van der Waals surface area (Å²) in [6.07, 6.45) is 8.42. The smallest absolute Gasteiger partial charge is 0.0736 e. The van der Waals surface area contributed by atoms with E-state index in [1.807, 2.05) is 52.0 Å². The lowest BCUT2D eigenvalue weighted by atomic mass is 10.2. The number of hydrogen-bond acceptors (Lipinski definition) is 3. The van der Waals surface area contributed by atoms with Gasteiger partial charge in [0.15, 0.2) is 0 Å². The Bertz CT molecular complexity index is 212. The lowest BCUT2D eigenvalue weighted by molar-refractivity contribution is 0.0607. The van der Waals surface area contributed by atoms with Gasteiger partial charge in [-0.15, -0.1) is 0 Å². The van der Waals surface area contributed by atoms with Crippen LogP contribution in [0, 0.1) is 0 Å². The minimum atomic E-state index is 0.0742. The van der Waals surface area contributed by atoms with Crippen molar-refractivity contribution in [2.24, 2.45) is 0 Å². The van der Waals surface area contributed by atoms with Crippen LogP contribution in [-0.2, 0) is 14.2 Å². The summed E-state index contributed by atoms with van der Waals surface area (Å²) in [6.45, 7) is 8.02. The highest BCUT2D eigenvalue weighted by molar-refractivity contribution is 4.95. The van der Waals surface area contributed by atoms with Gasteiger partial charge in [0, 0.05) is 14.2 Å². The molecule has 0 fully saturated rings. The third-order valence-corrected chi connectivity index (χ3v) is 2.48. The minimum absolute atomic E-state index is 0.0742. The van der Waals surface area contributed by atoms with Crippen molar-refractivity contribution in [1.29, 1.82) is 0 Å². The van der Waals surface area contributed by atoms with E-state index in [-0.39, 0.29) is 24.4 Å². The van der Waals surface area contributed by atoms with Crippen molar-refractivity contribution in [3.8, 4) is 0 Å². The molecule has 0 aliphatic carbocycles. The number of rotatable bonds is 8. The van der Waals surface area contributed by atoms with Crippen molar-refractivity contribution in [2.45, 2.75) is 52.1 Å². The topological polar surface area (TPSA) is 27.7 Å². The van der Waals surface area contributed by atoms with E-state index < -0.39 is 0 Å². The molecule has 0 amide bonds. The molecule has 0 aromatic carbocycles. The molecule has 3 nitrogen and oxygen atoms in total. The van der Waals surface area contributed by atoms with Crippen LogP contribution in [0.25, 0.3) is 0 Å². The number of methoxy groups -OCH3 is 2. The van der Waals surface area contributed by atoms with E-state index in [2.05, 4.69) is 0 Å². The molecule has 17 heavy (non-hydrogen) atoms. The van der Waals surface area contributed by atoms with Gasteiger partial charge in [-0.3, -0.25) is 0 Å². The van der Waals surface area contributed by atoms with Crippen molar-refractivity contribution in [3.63, 3.8) is 0 Å². The highest BCUT2D eigenvalue weighted by Gasteiger charge is 2.03. The summed E-state index contributed by atoms with van der Waals surface area (Å²) in [4.78, 5) is 0. The molecule has 0 aromatic heterocycles. The lowest BCUT2D eigenvalue weighted by Gasteiger charge is -2.14. The fourth-order valence-electron chi connectivity index (χ4n) is 1.21. The second-order valence-corrected chi connectivity index (χ2v) is 4.20. The maximum Gasteiger partial charge on any atom is 0.0736 e. The average molecular weight is 242 g/mol. The Labute approximate surface area is 105 Å². The quantitative estimate of drug-likeness (QED) is 0.612. The Morgan fingerprint density at radius 2 is 0.882 bits per heavy atom. The predicted molar refractivity (Wildman–Crippen MR) is 71.2 cm³/mol. The SMILES string of the molecule is COC(C)C=CC(C)OC(C)C=CC(C)OC. The normalized spacial score (nSPS) is 19.6. The molecule has 100 valence electrons. The van der Waals surface area contributed by atoms with E-state index >= 15 is 0 Å². The van der Waals surface area contributed by atoms with Gasteiger partial charge in [-0.25, -0.2) is 0 Å². The van der Waals surface area contributed by atoms with Crippen molar-refractivity contribution >= 4 is 0 Å². The van der Waals surface area contributed by atoms with Gasteiger partial charge in [0.2, 0.25) is 0 Å². The Kier molecular flexibility index (Phi) is 9.04. The monoisotopic (exact) mass is 242 g/mol. The van der Waals surface area contributed by atoms with Crippen LogP contribution in [0.3, 0.4) is 0 Å². The van der Waals surface area contributed by atoms with Gasteiger partial charge in [-0.2, -0.15) is 0 Å². The standard InChI is InChI=1S/C14H26O3/c1-11(15-5)7-9-13(3)17-14(4)10-8-12(2)16-6/h7-14H,1-6H3. The summed E-state index contributed by atoms with van der Waals surface area (Å²) >= 11 is 0. The summed E-state index contributed by atoms with van der Waals surface area (Å²) in [7, 11) is 3.38. The predicted octanol–water partition coefficient (Wildman–Crippen LogP) is 2.96. The molecule has 0 rings (SSSR count). The van der Waals surface area contributed by atoms with Crippen molar-refractivity contribution < 1.29 is 14.2 Å². The molecule has 0 spiro atoms. The summed E-state index contributed by atoms with van der Waals surface area (Å²) in [6, 6.07) is 0. The molecule has 0 radical (unpaired) electrons. The first-order valence-corrected chi connectivity index (χ1v) is 6.07. The van der Waals surface area contributed by atoms with Gasteiger partial charge in [0.05, 0.1) is 24.4 Å². The van der Waals surface area contributed by atoms with Crippen molar-refractivity contribution in [3.05, 3.63) is 24.3 Å². The van der Waals surface area contributed by atoms with E-state index in [0.717, 1.165) is 0 Å². The molecule has 3 heteroatoms. The Hall–Kier alpha value is -0.640. The molecule has 0 bridgehead atoms. The molecule has 0 N–H and O–H groups in total.